The van der Waals surface area contributed by atoms with E-state index in [2.05, 4.69) is 6.92 Å². The first-order valence-electron chi connectivity index (χ1n) is 4.06. The molecule has 11 heavy (non-hydrogen) atoms. The summed E-state index contributed by atoms with van der Waals surface area (Å²) in [5.41, 5.74) is 0. The van der Waals surface area contributed by atoms with Crippen molar-refractivity contribution in [2.24, 2.45) is 0 Å². The average Bonchev–Trinajstić information content (AvgIpc) is 2.00. The first-order valence-corrected chi connectivity index (χ1v) is 5.13. The van der Waals surface area contributed by atoms with Gasteiger partial charge < -0.3 is 5.11 Å². The predicted octanol–water partition coefficient (Wildman–Crippen LogP) is 3.37. The number of alkyl halides is 2. The first-order chi connectivity index (χ1) is 5.33. The third kappa shape index (κ3) is 25.0. The molecule has 0 heterocycles. The lowest BCUT2D eigenvalue weighted by Crippen LogP contribution is -1.81. The number of rotatable bonds is 5. The maximum Gasteiger partial charge on any atom is 0.0967 e. The number of hydrogen-bond donors (Lipinski definition) is 1. The summed E-state index contributed by atoms with van der Waals surface area (Å²) in [4.78, 5) is 0. The molecule has 0 saturated heterocycles. The van der Waals surface area contributed by atoms with E-state index in [0.29, 0.717) is 6.61 Å². The van der Waals surface area contributed by atoms with Crippen LogP contribution < -0.4 is 0 Å². The molecule has 0 spiro atoms. The number of hydrogen-bond acceptors (Lipinski definition) is 1. The van der Waals surface area contributed by atoms with Crippen molar-refractivity contribution in [3.05, 3.63) is 0 Å². The Morgan fingerprint density at radius 1 is 1.00 bits per heavy atom. The highest BCUT2D eigenvalue weighted by Crippen LogP contribution is 2.00. The van der Waals surface area contributed by atoms with E-state index >= 15 is 0 Å². The minimum atomic E-state index is 0.194. The van der Waals surface area contributed by atoms with E-state index in [9.17, 15) is 0 Å². The van der Waals surface area contributed by atoms with Gasteiger partial charge in [0.2, 0.25) is 0 Å². The zero-order valence-corrected chi connectivity index (χ0v) is 8.66. The SMILES string of the molecule is CCCCCCCO.ClCCl. The molecule has 0 aromatic carbocycles. The standard InChI is InChI=1S/C7H16O.CH2Cl2/c1-2-3-4-5-6-7-8;2-1-3/h8H,2-7H2,1H3;1H2. The fraction of sp³-hybridized carbons (Fsp3) is 1.00. The van der Waals surface area contributed by atoms with Crippen molar-refractivity contribution < 1.29 is 5.11 Å². The molecule has 3 heteroatoms. The Hall–Kier alpha value is 0.540. The molecule has 0 rings (SSSR count). The normalized spacial score (nSPS) is 8.73. The molecule has 0 radical (unpaired) electrons. The molecule has 1 N–H and O–H groups in total. The van der Waals surface area contributed by atoms with Gasteiger partial charge in [-0.15, -0.1) is 23.2 Å². The van der Waals surface area contributed by atoms with Crippen molar-refractivity contribution in [2.75, 3.05) is 11.9 Å². The fourth-order valence-electron chi connectivity index (χ4n) is 0.715. The predicted molar refractivity (Wildman–Crippen MR) is 52.4 cm³/mol. The summed E-state index contributed by atoms with van der Waals surface area (Å²) in [6, 6.07) is 0. The maximum atomic E-state index is 8.37. The Morgan fingerprint density at radius 3 is 1.82 bits per heavy atom. The van der Waals surface area contributed by atoms with Gasteiger partial charge >= 0.3 is 0 Å². The molecular formula is C8H18Cl2O. The van der Waals surface area contributed by atoms with Crippen LogP contribution in [0.5, 0.6) is 0 Å². The van der Waals surface area contributed by atoms with Crippen molar-refractivity contribution in [1.29, 1.82) is 0 Å². The minimum Gasteiger partial charge on any atom is -0.396 e. The molecule has 70 valence electrons. The molecule has 0 amide bonds. The molecule has 0 atom stereocenters. The third-order valence-corrected chi connectivity index (χ3v) is 1.26. The Morgan fingerprint density at radius 2 is 1.45 bits per heavy atom. The minimum absolute atomic E-state index is 0.194. The van der Waals surface area contributed by atoms with Crippen molar-refractivity contribution >= 4 is 23.2 Å². The number of aliphatic hydroxyl groups excluding tert-OH is 1. The van der Waals surface area contributed by atoms with Gasteiger partial charge in [-0.3, -0.25) is 0 Å². The Kier molecular flexibility index (Phi) is 21.6. The van der Waals surface area contributed by atoms with Crippen molar-refractivity contribution in [3.63, 3.8) is 0 Å². The van der Waals surface area contributed by atoms with E-state index in [1.165, 1.54) is 25.7 Å². The molecule has 0 fully saturated rings. The summed E-state index contributed by atoms with van der Waals surface area (Å²) in [7, 11) is 0. The van der Waals surface area contributed by atoms with Gasteiger partial charge in [-0.2, -0.15) is 0 Å². The summed E-state index contributed by atoms with van der Waals surface area (Å²) in [5, 5.41) is 8.56. The second kappa shape index (κ2) is 16.9. The van der Waals surface area contributed by atoms with Crippen LogP contribution >= 0.6 is 23.2 Å². The van der Waals surface area contributed by atoms with Crippen LogP contribution in [0.25, 0.3) is 0 Å². The topological polar surface area (TPSA) is 20.2 Å². The van der Waals surface area contributed by atoms with Gasteiger partial charge in [-0.25, -0.2) is 0 Å². The molecule has 0 aliphatic heterocycles. The first kappa shape index (κ1) is 14.1. The molecule has 0 bridgehead atoms. The smallest absolute Gasteiger partial charge is 0.0967 e. The quantitative estimate of drug-likeness (QED) is 0.534. The highest BCUT2D eigenvalue weighted by molar-refractivity contribution is 6.40. The van der Waals surface area contributed by atoms with Crippen molar-refractivity contribution in [1.82, 2.24) is 0 Å². The van der Waals surface area contributed by atoms with E-state index in [-0.39, 0.29) is 5.34 Å². The Bertz CT molecular complexity index is 45.4. The van der Waals surface area contributed by atoms with Crippen molar-refractivity contribution in [2.45, 2.75) is 39.0 Å². The average molecular weight is 201 g/mol. The molecule has 0 aromatic heterocycles. The lowest BCUT2D eigenvalue weighted by atomic mass is 10.2. The van der Waals surface area contributed by atoms with Crippen LogP contribution in [-0.2, 0) is 0 Å². The summed E-state index contributed by atoms with van der Waals surface area (Å²) in [6.07, 6.45) is 6.08. The summed E-state index contributed by atoms with van der Waals surface area (Å²) in [6.45, 7) is 2.56. The molecule has 0 aliphatic carbocycles. The highest BCUT2D eigenvalue weighted by Gasteiger charge is 1.84. The summed E-state index contributed by atoms with van der Waals surface area (Å²) >= 11 is 9.53. The number of aliphatic hydroxyl groups is 1. The summed E-state index contributed by atoms with van der Waals surface area (Å²) < 4.78 is 0. The van der Waals surface area contributed by atoms with Gasteiger partial charge in [0.15, 0.2) is 0 Å². The van der Waals surface area contributed by atoms with E-state index in [1.54, 1.807) is 0 Å². The summed E-state index contributed by atoms with van der Waals surface area (Å²) in [5.74, 6) is 0. The van der Waals surface area contributed by atoms with Crippen LogP contribution in [0.4, 0.5) is 0 Å². The molecule has 0 aromatic rings. The highest BCUT2D eigenvalue weighted by atomic mass is 35.5. The lowest BCUT2D eigenvalue weighted by molar-refractivity contribution is 0.282. The third-order valence-electron chi connectivity index (χ3n) is 1.26. The largest absolute Gasteiger partial charge is 0.396 e. The van der Waals surface area contributed by atoms with Gasteiger partial charge in [0, 0.05) is 6.61 Å². The molecule has 0 saturated carbocycles. The Balaban J connectivity index is 0. The number of halogens is 2. The molecular weight excluding hydrogens is 183 g/mol. The van der Waals surface area contributed by atoms with Crippen LogP contribution in [0.15, 0.2) is 0 Å². The zero-order chi connectivity index (χ0) is 8.95. The van der Waals surface area contributed by atoms with Gasteiger partial charge in [0.25, 0.3) is 0 Å². The van der Waals surface area contributed by atoms with E-state index < -0.39 is 0 Å². The van der Waals surface area contributed by atoms with Crippen LogP contribution in [0, 0.1) is 0 Å². The lowest BCUT2D eigenvalue weighted by Gasteiger charge is -1.93. The van der Waals surface area contributed by atoms with Gasteiger partial charge in [0.1, 0.15) is 0 Å². The molecule has 0 aliphatic rings. The van der Waals surface area contributed by atoms with Crippen LogP contribution in [-0.4, -0.2) is 17.1 Å². The van der Waals surface area contributed by atoms with E-state index in [0.717, 1.165) is 6.42 Å². The Labute approximate surface area is 79.7 Å². The van der Waals surface area contributed by atoms with Crippen molar-refractivity contribution in [3.8, 4) is 0 Å². The maximum absolute atomic E-state index is 8.37. The van der Waals surface area contributed by atoms with E-state index in [1.807, 2.05) is 0 Å². The van der Waals surface area contributed by atoms with Crippen LogP contribution in [0.1, 0.15) is 39.0 Å². The molecule has 0 unspecified atom stereocenters. The van der Waals surface area contributed by atoms with Crippen LogP contribution in [0.2, 0.25) is 0 Å². The second-order valence-electron chi connectivity index (χ2n) is 2.24. The molecule has 1 nitrogen and oxygen atoms in total. The zero-order valence-electron chi connectivity index (χ0n) is 7.15. The van der Waals surface area contributed by atoms with Crippen LogP contribution in [0.3, 0.4) is 0 Å². The monoisotopic (exact) mass is 200 g/mol. The fourth-order valence-corrected chi connectivity index (χ4v) is 0.715. The van der Waals surface area contributed by atoms with Gasteiger partial charge in [0.05, 0.1) is 5.34 Å². The van der Waals surface area contributed by atoms with Gasteiger partial charge in [-0.1, -0.05) is 32.6 Å². The van der Waals surface area contributed by atoms with Gasteiger partial charge in [-0.05, 0) is 6.42 Å². The second-order valence-corrected chi connectivity index (χ2v) is 3.05. The number of unbranched alkanes of at least 4 members (excludes halogenated alkanes) is 4. The van der Waals surface area contributed by atoms with E-state index in [4.69, 9.17) is 28.3 Å².